The number of fused-ring (bicyclic) bond motifs is 3. The van der Waals surface area contributed by atoms with Gasteiger partial charge in [-0.3, -0.25) is 0 Å². The molecule has 0 N–H and O–H groups in total. The summed E-state index contributed by atoms with van der Waals surface area (Å²) in [6, 6.07) is 18.1. The molecule has 0 spiro atoms. The second kappa shape index (κ2) is 18.5. The van der Waals surface area contributed by atoms with Gasteiger partial charge in [0.2, 0.25) is 0 Å². The number of thiophene rings is 3. The molecule has 5 heterocycles. The van der Waals surface area contributed by atoms with Gasteiger partial charge in [0.25, 0.3) is 0 Å². The topological polar surface area (TPSA) is 54.8 Å². The van der Waals surface area contributed by atoms with Crippen LogP contribution in [-0.4, -0.2) is 31.8 Å². The summed E-state index contributed by atoms with van der Waals surface area (Å²) in [5.41, 5.74) is 10.3. The van der Waals surface area contributed by atoms with Crippen molar-refractivity contribution in [3.63, 3.8) is 0 Å². The zero-order valence-corrected chi connectivity index (χ0v) is 36.5. The Morgan fingerprint density at radius 1 is 0.636 bits per heavy atom. The molecule has 286 valence electrons. The van der Waals surface area contributed by atoms with Crippen LogP contribution in [0.2, 0.25) is 0 Å². The Morgan fingerprint density at radius 3 is 1.84 bits per heavy atom. The summed E-state index contributed by atoms with van der Waals surface area (Å²) in [5.74, 6) is 7.59. The van der Waals surface area contributed by atoms with Gasteiger partial charge in [-0.1, -0.05) is 97.6 Å². The number of benzene rings is 2. The molecule has 0 saturated carbocycles. The van der Waals surface area contributed by atoms with E-state index in [1.807, 2.05) is 34.0 Å². The lowest BCUT2D eigenvalue weighted by Crippen LogP contribution is -2.24. The van der Waals surface area contributed by atoms with Crippen molar-refractivity contribution in [2.75, 3.05) is 18.0 Å². The van der Waals surface area contributed by atoms with E-state index in [2.05, 4.69) is 107 Å². The molecular weight excluding hydrogens is 751 g/mol. The molecule has 7 aromatic rings. The van der Waals surface area contributed by atoms with Crippen LogP contribution in [0.25, 0.3) is 62.8 Å². The Bertz CT molecular complexity index is 2380. The van der Waals surface area contributed by atoms with Crippen LogP contribution in [0.3, 0.4) is 0 Å². The van der Waals surface area contributed by atoms with Gasteiger partial charge in [0.15, 0.2) is 0 Å². The molecule has 2 aromatic carbocycles. The lowest BCUT2D eigenvalue weighted by Gasteiger charge is -2.22. The fourth-order valence-electron chi connectivity index (χ4n) is 7.35. The van der Waals surface area contributed by atoms with Crippen molar-refractivity contribution in [2.24, 2.45) is 5.92 Å². The average molecular weight is 804 g/mol. The molecule has 55 heavy (non-hydrogen) atoms. The van der Waals surface area contributed by atoms with E-state index >= 15 is 0 Å². The van der Waals surface area contributed by atoms with E-state index in [0.29, 0.717) is 5.92 Å². The number of anilines is 1. The summed E-state index contributed by atoms with van der Waals surface area (Å²) in [6.07, 6.45) is 12.5. The maximum Gasteiger partial charge on any atom is 0.116 e. The maximum atomic E-state index is 5.42. The number of rotatable bonds is 17. The fourth-order valence-corrected chi connectivity index (χ4v) is 11.5. The van der Waals surface area contributed by atoms with Gasteiger partial charge in [-0.05, 0) is 80.0 Å². The molecule has 5 aromatic heterocycles. The van der Waals surface area contributed by atoms with E-state index in [0.717, 1.165) is 82.5 Å². The van der Waals surface area contributed by atoms with Crippen molar-refractivity contribution in [2.45, 2.75) is 112 Å². The molecule has 0 saturated heterocycles. The summed E-state index contributed by atoms with van der Waals surface area (Å²) in [6.45, 7) is 15.6. The predicted octanol–water partition coefficient (Wildman–Crippen LogP) is 14.5. The van der Waals surface area contributed by atoms with Crippen molar-refractivity contribution in [1.82, 2.24) is 18.7 Å². The standard InChI is InChI=1S/C46H53N5S4/c1-7-13-17-30(10-4)18-16-19-31-20-22-32(23-21-31)36-28-37-38(52-36)29-39(53-37)42-44-43(47-33(11-5)34(12-6)48-44)41(45-46(42)50-55-49-45)35-24-25-40(54-35)51(26-14-8-2)27-15-9-3/h20-25,28-30H,7-15,17-18,26-27H2,1-6H3. The van der Waals surface area contributed by atoms with Crippen LogP contribution in [0.15, 0.2) is 48.5 Å². The highest BCUT2D eigenvalue weighted by Crippen LogP contribution is 2.48. The van der Waals surface area contributed by atoms with Crippen LogP contribution in [0.4, 0.5) is 5.00 Å². The predicted molar refractivity (Wildman–Crippen MR) is 244 cm³/mol. The smallest absolute Gasteiger partial charge is 0.116 e. The number of hydrogen-bond acceptors (Lipinski definition) is 9. The maximum absolute atomic E-state index is 5.42. The van der Waals surface area contributed by atoms with Crippen LogP contribution >= 0.6 is 45.7 Å². The van der Waals surface area contributed by atoms with Crippen molar-refractivity contribution in [1.29, 1.82) is 0 Å². The number of unbranched alkanes of at least 4 members (excludes halogenated alkanes) is 3. The van der Waals surface area contributed by atoms with E-state index in [1.165, 1.54) is 97.7 Å². The third kappa shape index (κ3) is 8.54. The first-order valence-electron chi connectivity index (χ1n) is 20.5. The second-order valence-electron chi connectivity index (χ2n) is 14.5. The van der Waals surface area contributed by atoms with Gasteiger partial charge in [0.05, 0.1) is 28.1 Å². The van der Waals surface area contributed by atoms with Gasteiger partial charge in [-0.2, -0.15) is 8.75 Å². The van der Waals surface area contributed by atoms with E-state index in [-0.39, 0.29) is 0 Å². The molecule has 5 nitrogen and oxygen atoms in total. The molecule has 0 fully saturated rings. The SMILES string of the molecule is CCCCC(CC)CC#Cc1ccc(-c2cc3sc(-c4c5nsnc5c(-c5ccc(N(CCCC)CCCC)s5)c5nc(CC)c(CC)nc45)cc3s2)cc1. The molecule has 0 aliphatic rings. The lowest BCUT2D eigenvalue weighted by atomic mass is 9.96. The fraction of sp³-hybridized carbons (Fsp3) is 0.435. The van der Waals surface area contributed by atoms with Crippen molar-refractivity contribution >= 4 is 82.2 Å². The van der Waals surface area contributed by atoms with Crippen molar-refractivity contribution in [3.8, 4) is 43.2 Å². The minimum atomic E-state index is 0.708. The first kappa shape index (κ1) is 39.6. The van der Waals surface area contributed by atoms with Gasteiger partial charge in [0.1, 0.15) is 22.1 Å². The van der Waals surface area contributed by atoms with E-state index in [9.17, 15) is 0 Å². The van der Waals surface area contributed by atoms with Crippen LogP contribution in [0, 0.1) is 17.8 Å². The molecule has 0 aliphatic heterocycles. The average Bonchev–Trinajstić information content (AvgIpc) is 4.03. The van der Waals surface area contributed by atoms with Gasteiger partial charge in [-0.25, -0.2) is 9.97 Å². The highest BCUT2D eigenvalue weighted by molar-refractivity contribution is 7.31. The number of aromatic nitrogens is 4. The molecule has 1 unspecified atom stereocenters. The van der Waals surface area contributed by atoms with Crippen LogP contribution < -0.4 is 4.90 Å². The quantitative estimate of drug-likeness (QED) is 0.0858. The summed E-state index contributed by atoms with van der Waals surface area (Å²) >= 11 is 6.82. The normalized spacial score (nSPS) is 12.2. The molecule has 9 heteroatoms. The molecular formula is C46H53N5S4. The largest absolute Gasteiger partial charge is 0.363 e. The van der Waals surface area contributed by atoms with Gasteiger partial charge in [-0.15, -0.1) is 34.0 Å². The summed E-state index contributed by atoms with van der Waals surface area (Å²) in [5, 5.41) is 1.32. The Morgan fingerprint density at radius 2 is 1.24 bits per heavy atom. The van der Waals surface area contributed by atoms with E-state index < -0.39 is 0 Å². The highest BCUT2D eigenvalue weighted by Gasteiger charge is 2.26. The van der Waals surface area contributed by atoms with E-state index in [1.54, 1.807) is 0 Å². The number of nitrogens with zero attached hydrogens (tertiary/aromatic N) is 5. The summed E-state index contributed by atoms with van der Waals surface area (Å²) < 4.78 is 12.5. The highest BCUT2D eigenvalue weighted by atomic mass is 32.1. The van der Waals surface area contributed by atoms with Crippen LogP contribution in [0.5, 0.6) is 0 Å². The molecule has 0 radical (unpaired) electrons. The minimum absolute atomic E-state index is 0.708. The van der Waals surface area contributed by atoms with Crippen LogP contribution in [-0.2, 0) is 12.8 Å². The minimum Gasteiger partial charge on any atom is -0.363 e. The van der Waals surface area contributed by atoms with Crippen molar-refractivity contribution < 1.29 is 0 Å². The molecule has 0 bridgehead atoms. The first-order chi connectivity index (χ1) is 27.0. The Balaban J connectivity index is 1.25. The Labute approximate surface area is 343 Å². The second-order valence-corrected chi connectivity index (χ2v) is 18.3. The third-order valence-electron chi connectivity index (χ3n) is 10.7. The molecule has 7 rings (SSSR count). The Kier molecular flexibility index (Phi) is 13.3. The zero-order valence-electron chi connectivity index (χ0n) is 33.3. The lowest BCUT2D eigenvalue weighted by molar-refractivity contribution is 0.462. The first-order valence-corrected chi connectivity index (χ1v) is 23.6. The van der Waals surface area contributed by atoms with Gasteiger partial charge in [0, 0.05) is 60.2 Å². The van der Waals surface area contributed by atoms with E-state index in [4.69, 9.17) is 18.7 Å². The van der Waals surface area contributed by atoms with Crippen molar-refractivity contribution in [3.05, 3.63) is 65.5 Å². The molecule has 0 aliphatic carbocycles. The summed E-state index contributed by atoms with van der Waals surface area (Å²) in [4.78, 5) is 17.1. The molecule has 1 atom stereocenters. The molecule has 0 amide bonds. The Hall–Kier alpha value is -3.68. The van der Waals surface area contributed by atoms with Crippen LogP contribution in [0.1, 0.15) is 116 Å². The zero-order chi connectivity index (χ0) is 38.3. The van der Waals surface area contributed by atoms with Gasteiger partial charge >= 0.3 is 0 Å². The monoisotopic (exact) mass is 803 g/mol. The number of hydrogen-bond donors (Lipinski definition) is 0. The van der Waals surface area contributed by atoms with Gasteiger partial charge < -0.3 is 4.90 Å². The summed E-state index contributed by atoms with van der Waals surface area (Å²) in [7, 11) is 0. The number of aryl methyl sites for hydroxylation is 2. The third-order valence-corrected chi connectivity index (χ3v) is 14.7.